The summed E-state index contributed by atoms with van der Waals surface area (Å²) in [5.41, 5.74) is 2.30. The average Bonchev–Trinajstić information content (AvgIpc) is 3.24. The number of hydrogen-bond donors (Lipinski definition) is 1. The second-order valence-corrected chi connectivity index (χ2v) is 12.1. The molecule has 2 aliphatic carbocycles. The maximum Gasteiger partial charge on any atom is 0.254 e. The Morgan fingerprint density at radius 3 is 2.37 bits per heavy atom. The van der Waals surface area contributed by atoms with Gasteiger partial charge >= 0.3 is 0 Å². The number of likely N-dealkylation sites (tertiary alicyclic amines) is 1. The van der Waals surface area contributed by atoms with Crippen LogP contribution in [-0.4, -0.2) is 48.8 Å². The van der Waals surface area contributed by atoms with E-state index in [1.807, 2.05) is 12.1 Å². The SMILES string of the molecule is Cc1cc([C@H]2C3=CC[C@@H]4C(=O)N(c5ccccc5)C(=O)[C@@H]4[C@@H]3C[C@@]3(Cl)C(=O)N(CBr)C(=O)[C@@]23Cl)ccc1O. The highest BCUT2D eigenvalue weighted by Crippen LogP contribution is 2.65. The molecule has 7 nitrogen and oxygen atoms in total. The van der Waals surface area contributed by atoms with Crippen molar-refractivity contribution in [3.8, 4) is 5.75 Å². The zero-order valence-corrected chi connectivity index (χ0v) is 23.3. The number of aromatic hydroxyl groups is 1. The lowest BCUT2D eigenvalue weighted by Gasteiger charge is -2.50. The summed E-state index contributed by atoms with van der Waals surface area (Å²) in [6, 6.07) is 13.7. The number of anilines is 1. The first-order valence-corrected chi connectivity index (χ1v) is 14.2. The molecule has 6 rings (SSSR count). The van der Waals surface area contributed by atoms with E-state index in [1.165, 1.54) is 11.0 Å². The van der Waals surface area contributed by atoms with Crippen LogP contribution >= 0.6 is 39.1 Å². The smallest absolute Gasteiger partial charge is 0.254 e. The van der Waals surface area contributed by atoms with Crippen LogP contribution in [0.1, 0.15) is 29.9 Å². The van der Waals surface area contributed by atoms with Crippen LogP contribution in [0.25, 0.3) is 0 Å². The Morgan fingerprint density at radius 1 is 1.00 bits per heavy atom. The number of phenols is 1. The molecule has 196 valence electrons. The average molecular weight is 618 g/mol. The fourth-order valence-electron chi connectivity index (χ4n) is 6.82. The molecule has 0 radical (unpaired) electrons. The van der Waals surface area contributed by atoms with Crippen LogP contribution in [-0.2, 0) is 19.2 Å². The van der Waals surface area contributed by atoms with E-state index in [0.717, 1.165) is 10.5 Å². The molecule has 4 aliphatic rings. The molecule has 0 unspecified atom stereocenters. The molecular weight excluding hydrogens is 595 g/mol. The van der Waals surface area contributed by atoms with Crippen LogP contribution in [0.2, 0.25) is 0 Å². The van der Waals surface area contributed by atoms with Gasteiger partial charge in [-0.2, -0.15) is 0 Å². The van der Waals surface area contributed by atoms with Gasteiger partial charge in [0.05, 0.1) is 23.0 Å². The quantitative estimate of drug-likeness (QED) is 0.235. The van der Waals surface area contributed by atoms with Crippen LogP contribution in [0, 0.1) is 24.7 Å². The number of aryl methyl sites for hydroxylation is 1. The Morgan fingerprint density at radius 2 is 1.71 bits per heavy atom. The number of hydrogen-bond acceptors (Lipinski definition) is 5. The maximum absolute atomic E-state index is 13.9. The number of phenolic OH excluding ortho intramolecular Hbond substituents is 1. The first-order chi connectivity index (χ1) is 18.1. The number of nitrogens with zero attached hydrogens (tertiary/aromatic N) is 2. The van der Waals surface area contributed by atoms with E-state index in [-0.39, 0.29) is 29.4 Å². The Bertz CT molecular complexity index is 1450. The molecule has 0 aromatic heterocycles. The van der Waals surface area contributed by atoms with E-state index in [2.05, 4.69) is 15.9 Å². The third-order valence-electron chi connectivity index (χ3n) is 8.58. The van der Waals surface area contributed by atoms with Gasteiger partial charge in [0, 0.05) is 5.92 Å². The molecule has 1 saturated carbocycles. The molecule has 10 heteroatoms. The van der Waals surface area contributed by atoms with E-state index in [4.69, 9.17) is 23.2 Å². The van der Waals surface area contributed by atoms with Crippen molar-refractivity contribution >= 4 is 68.4 Å². The van der Waals surface area contributed by atoms with Gasteiger partial charge in [-0.3, -0.25) is 29.0 Å². The van der Waals surface area contributed by atoms with Crippen molar-refractivity contribution in [2.75, 3.05) is 10.4 Å². The van der Waals surface area contributed by atoms with Crippen molar-refractivity contribution < 1.29 is 24.3 Å². The minimum Gasteiger partial charge on any atom is -0.508 e. The second kappa shape index (κ2) is 8.66. The molecular formula is C28H23BrCl2N2O5. The zero-order valence-electron chi connectivity index (χ0n) is 20.2. The topological polar surface area (TPSA) is 95.0 Å². The first kappa shape index (κ1) is 25.6. The van der Waals surface area contributed by atoms with E-state index in [1.54, 1.807) is 43.3 Å². The molecule has 38 heavy (non-hydrogen) atoms. The summed E-state index contributed by atoms with van der Waals surface area (Å²) < 4.78 is 0. The fraction of sp³-hybridized carbons (Fsp3) is 0.357. The number of alkyl halides is 3. The van der Waals surface area contributed by atoms with Crippen LogP contribution < -0.4 is 4.90 Å². The van der Waals surface area contributed by atoms with Gasteiger partial charge in [-0.1, -0.05) is 57.9 Å². The second-order valence-electron chi connectivity index (χ2n) is 10.4. The van der Waals surface area contributed by atoms with Crippen molar-refractivity contribution in [1.82, 2.24) is 4.90 Å². The molecule has 2 saturated heterocycles. The van der Waals surface area contributed by atoms with Gasteiger partial charge in [0.15, 0.2) is 9.75 Å². The predicted octanol–water partition coefficient (Wildman–Crippen LogP) is 4.62. The fourth-order valence-corrected chi connectivity index (χ4v) is 8.24. The highest BCUT2D eigenvalue weighted by atomic mass is 79.9. The summed E-state index contributed by atoms with van der Waals surface area (Å²) in [6.07, 6.45) is 2.13. The minimum absolute atomic E-state index is 0.0612. The van der Waals surface area contributed by atoms with Crippen LogP contribution in [0.4, 0.5) is 5.69 Å². The van der Waals surface area contributed by atoms with E-state index in [9.17, 15) is 24.3 Å². The summed E-state index contributed by atoms with van der Waals surface area (Å²) >= 11 is 17.6. The minimum atomic E-state index is -1.86. The van der Waals surface area contributed by atoms with E-state index < -0.39 is 45.2 Å². The summed E-state index contributed by atoms with van der Waals surface area (Å²) in [5, 5.41) is 10.2. The Kier molecular flexibility index (Phi) is 5.83. The zero-order chi connectivity index (χ0) is 27.1. The molecule has 3 fully saturated rings. The monoisotopic (exact) mass is 616 g/mol. The Hall–Kier alpha value is -2.68. The number of carbonyl (C=O) groups is 4. The third kappa shape index (κ3) is 3.14. The molecule has 2 aromatic carbocycles. The van der Waals surface area contributed by atoms with Crippen LogP contribution in [0.3, 0.4) is 0 Å². The van der Waals surface area contributed by atoms with Gasteiger partial charge in [-0.25, -0.2) is 0 Å². The molecule has 1 N–H and O–H groups in total. The summed E-state index contributed by atoms with van der Waals surface area (Å²) in [6.45, 7) is 1.72. The largest absolute Gasteiger partial charge is 0.508 e. The standard InChI is InChI=1S/C28H23BrCl2N2O5/c1-14-11-15(7-10-20(14)34)22-17-8-9-18-21(24(36)33(23(18)35)16-5-3-2-4-6-16)19(17)12-27(30)25(37)32(13-29)26(38)28(22,27)31/h2-8,10-11,18-19,21-22,34H,9,12-13H2,1H3/t18-,19+,21-,22-,27+,28-/m0/s1. The highest BCUT2D eigenvalue weighted by Gasteiger charge is 2.76. The number of para-hydroxylation sites is 1. The third-order valence-corrected chi connectivity index (χ3v) is 10.5. The lowest BCUT2D eigenvalue weighted by Crippen LogP contribution is -2.60. The number of halogens is 3. The maximum atomic E-state index is 13.9. The molecule has 2 heterocycles. The number of carbonyl (C=O) groups excluding carboxylic acids is 4. The van der Waals surface area contributed by atoms with Gasteiger partial charge in [0.25, 0.3) is 11.8 Å². The van der Waals surface area contributed by atoms with Crippen molar-refractivity contribution in [2.45, 2.75) is 35.4 Å². The molecule has 0 bridgehead atoms. The van der Waals surface area contributed by atoms with Gasteiger partial charge in [-0.05, 0) is 55.0 Å². The van der Waals surface area contributed by atoms with Crippen molar-refractivity contribution in [1.29, 1.82) is 0 Å². The predicted molar refractivity (Wildman–Crippen MR) is 145 cm³/mol. The Balaban J connectivity index is 1.53. The number of rotatable bonds is 3. The number of benzene rings is 2. The molecule has 2 aliphatic heterocycles. The summed E-state index contributed by atoms with van der Waals surface area (Å²) in [4.78, 5) is 53.3. The molecule has 6 atom stereocenters. The summed E-state index contributed by atoms with van der Waals surface area (Å²) in [7, 11) is 0. The number of fused-ring (bicyclic) bond motifs is 4. The lowest BCUT2D eigenvalue weighted by molar-refractivity contribution is -0.138. The first-order valence-electron chi connectivity index (χ1n) is 12.3. The normalized spacial score (nSPS) is 34.3. The van der Waals surface area contributed by atoms with Crippen molar-refractivity contribution in [2.24, 2.45) is 17.8 Å². The molecule has 0 spiro atoms. The van der Waals surface area contributed by atoms with E-state index in [0.29, 0.717) is 23.2 Å². The number of allylic oxidation sites excluding steroid dienone is 2. The Labute approximate surface area is 237 Å². The van der Waals surface area contributed by atoms with Gasteiger partial charge < -0.3 is 5.11 Å². The number of amides is 4. The van der Waals surface area contributed by atoms with Crippen LogP contribution in [0.5, 0.6) is 5.75 Å². The lowest BCUT2D eigenvalue weighted by atomic mass is 9.56. The number of imide groups is 2. The van der Waals surface area contributed by atoms with Gasteiger partial charge in [0.1, 0.15) is 5.75 Å². The van der Waals surface area contributed by atoms with Crippen molar-refractivity contribution in [3.05, 3.63) is 71.3 Å². The highest BCUT2D eigenvalue weighted by molar-refractivity contribution is 9.09. The van der Waals surface area contributed by atoms with Crippen LogP contribution in [0.15, 0.2) is 60.2 Å². The van der Waals surface area contributed by atoms with E-state index >= 15 is 0 Å². The van der Waals surface area contributed by atoms with Gasteiger partial charge in [0.2, 0.25) is 11.8 Å². The van der Waals surface area contributed by atoms with Gasteiger partial charge in [-0.15, -0.1) is 23.2 Å². The molecule has 2 aromatic rings. The summed E-state index contributed by atoms with van der Waals surface area (Å²) in [5.74, 6) is -4.61. The van der Waals surface area contributed by atoms with Crippen molar-refractivity contribution in [3.63, 3.8) is 0 Å². The molecule has 4 amide bonds.